The predicted octanol–water partition coefficient (Wildman–Crippen LogP) is 4.71. The van der Waals surface area contributed by atoms with Crippen LogP contribution in [0.2, 0.25) is 0 Å². The van der Waals surface area contributed by atoms with E-state index in [4.69, 9.17) is 4.74 Å². The van der Waals surface area contributed by atoms with Gasteiger partial charge in [-0.05, 0) is 64.9 Å². The molecule has 3 atom stereocenters. The van der Waals surface area contributed by atoms with Crippen LogP contribution in [0.1, 0.15) is 47.2 Å². The van der Waals surface area contributed by atoms with Crippen LogP contribution in [0.15, 0.2) is 77.7 Å². The molecule has 0 aliphatic carbocycles. The van der Waals surface area contributed by atoms with Gasteiger partial charge in [0.05, 0.1) is 6.61 Å². The largest absolute Gasteiger partial charge is 0.449 e. The zero-order valence-electron chi connectivity index (χ0n) is 21.5. The van der Waals surface area contributed by atoms with Crippen molar-refractivity contribution < 1.29 is 19.1 Å². The third kappa shape index (κ3) is 5.52. The van der Waals surface area contributed by atoms with E-state index in [0.717, 1.165) is 16.5 Å². The summed E-state index contributed by atoms with van der Waals surface area (Å²) in [6.07, 6.45) is 1.62. The highest BCUT2D eigenvalue weighted by atomic mass is 16.5. The number of amides is 2. The number of anilines is 2. The smallest absolute Gasteiger partial charge is 0.411 e. The summed E-state index contributed by atoms with van der Waals surface area (Å²) in [7, 11) is 0. The highest BCUT2D eigenvalue weighted by Gasteiger charge is 2.26. The maximum Gasteiger partial charge on any atom is 0.411 e. The Kier molecular flexibility index (Phi) is 7.14. The van der Waals surface area contributed by atoms with Crippen molar-refractivity contribution in [1.29, 1.82) is 0 Å². The second-order valence-electron chi connectivity index (χ2n) is 9.67. The highest BCUT2D eigenvalue weighted by molar-refractivity contribution is 5.91. The fourth-order valence-electron chi connectivity index (χ4n) is 4.86. The van der Waals surface area contributed by atoms with E-state index in [1.807, 2.05) is 38.1 Å². The van der Waals surface area contributed by atoms with E-state index in [0.29, 0.717) is 34.2 Å². The molecule has 39 heavy (non-hydrogen) atoms. The van der Waals surface area contributed by atoms with Gasteiger partial charge < -0.3 is 25.1 Å². The quantitative estimate of drug-likeness (QED) is 0.287. The first-order valence-electron chi connectivity index (χ1n) is 12.6. The molecule has 4 N–H and O–H groups in total. The van der Waals surface area contributed by atoms with Crippen LogP contribution in [0.3, 0.4) is 0 Å². The van der Waals surface area contributed by atoms with Crippen LogP contribution < -0.4 is 21.5 Å². The molecule has 1 aromatic heterocycles. The van der Waals surface area contributed by atoms with Gasteiger partial charge in [0, 0.05) is 28.9 Å². The SMILES string of the molecule is Cc1cc2ccc1[C@@H](C)COC(=O)Nc1cccc(c1)[C@@H](C=O)NC(=O)[C@@H]2Nc1ccc2cc[nH]c(=O)c2c1. The van der Waals surface area contributed by atoms with Crippen LogP contribution in [0, 0.1) is 6.92 Å². The number of carbonyl (C=O) groups excluding carboxylic acids is 3. The minimum absolute atomic E-state index is 0.0871. The maximum absolute atomic E-state index is 13.7. The maximum atomic E-state index is 13.7. The lowest BCUT2D eigenvalue weighted by molar-refractivity contribution is -0.124. The van der Waals surface area contributed by atoms with E-state index < -0.39 is 24.1 Å². The van der Waals surface area contributed by atoms with E-state index in [9.17, 15) is 19.2 Å². The Labute approximate surface area is 224 Å². The summed E-state index contributed by atoms with van der Waals surface area (Å²) in [5, 5.41) is 10.0. The number of nitrogens with one attached hydrogen (secondary N) is 4. The standard InChI is InChI=1S/C30H28N4O5/c1-17-12-21-7-9-24(17)18(2)16-39-30(38)33-22-5-3-4-20(13-22)26(15-35)34-29(37)27(21)32-23-8-6-19-10-11-31-28(36)25(19)14-23/h3-15,18,26-27,32H,16H2,1-2H3,(H,31,36)(H,33,38)(H,34,37)/t18-,26+,27+/m0/s1. The molecule has 4 aromatic rings. The van der Waals surface area contributed by atoms with Gasteiger partial charge in [0.1, 0.15) is 18.4 Å². The van der Waals surface area contributed by atoms with Gasteiger partial charge in [-0.25, -0.2) is 4.79 Å². The van der Waals surface area contributed by atoms with Crippen molar-refractivity contribution >= 4 is 40.4 Å². The molecule has 3 heterocycles. The number of aryl methyl sites for hydroxylation is 1. The van der Waals surface area contributed by atoms with Gasteiger partial charge >= 0.3 is 6.09 Å². The summed E-state index contributed by atoms with van der Waals surface area (Å²) in [5.41, 5.74) is 3.85. The van der Waals surface area contributed by atoms with Crippen molar-refractivity contribution in [2.75, 3.05) is 17.2 Å². The lowest BCUT2D eigenvalue weighted by atomic mass is 9.93. The highest BCUT2D eigenvalue weighted by Crippen LogP contribution is 2.28. The van der Waals surface area contributed by atoms with Crippen molar-refractivity contribution in [2.45, 2.75) is 31.8 Å². The minimum atomic E-state index is -0.965. The van der Waals surface area contributed by atoms with Gasteiger partial charge in [-0.2, -0.15) is 0 Å². The van der Waals surface area contributed by atoms with Crippen LogP contribution in [-0.4, -0.2) is 29.9 Å². The van der Waals surface area contributed by atoms with Crippen molar-refractivity contribution in [3.05, 3.63) is 106 Å². The van der Waals surface area contributed by atoms with E-state index in [1.165, 1.54) is 0 Å². The Morgan fingerprint density at radius 2 is 1.82 bits per heavy atom. The summed E-state index contributed by atoms with van der Waals surface area (Å²) in [6.45, 7) is 4.06. The number of pyridine rings is 1. The third-order valence-electron chi connectivity index (χ3n) is 6.90. The van der Waals surface area contributed by atoms with Gasteiger partial charge in [-0.3, -0.25) is 14.9 Å². The van der Waals surface area contributed by atoms with Crippen LogP contribution in [-0.2, 0) is 14.3 Å². The molecular weight excluding hydrogens is 496 g/mol. The summed E-state index contributed by atoms with van der Waals surface area (Å²) in [6, 6.07) is 17.6. The molecular formula is C30H28N4O5. The van der Waals surface area contributed by atoms with Gasteiger partial charge in [-0.15, -0.1) is 0 Å². The fraction of sp³-hybridized carbons (Fsp3) is 0.200. The summed E-state index contributed by atoms with van der Waals surface area (Å²) >= 11 is 0. The first kappa shape index (κ1) is 25.7. The number of benzene rings is 3. The van der Waals surface area contributed by atoms with Crippen LogP contribution in [0.25, 0.3) is 10.8 Å². The first-order valence-corrected chi connectivity index (χ1v) is 12.6. The second kappa shape index (κ2) is 10.8. The van der Waals surface area contributed by atoms with E-state index in [-0.39, 0.29) is 18.1 Å². The lowest BCUT2D eigenvalue weighted by Gasteiger charge is -2.24. The number of rotatable bonds is 3. The van der Waals surface area contributed by atoms with Gasteiger partial charge in [-0.1, -0.05) is 43.3 Å². The summed E-state index contributed by atoms with van der Waals surface area (Å²) in [5.74, 6) is -0.518. The number of aromatic amines is 1. The molecule has 0 saturated carbocycles. The summed E-state index contributed by atoms with van der Waals surface area (Å²) < 4.78 is 5.45. The molecule has 3 aromatic carbocycles. The fourth-order valence-corrected chi connectivity index (χ4v) is 4.86. The summed E-state index contributed by atoms with van der Waals surface area (Å²) in [4.78, 5) is 53.3. The molecule has 9 nitrogen and oxygen atoms in total. The Morgan fingerprint density at radius 3 is 2.62 bits per heavy atom. The molecule has 2 aliphatic rings. The normalized spacial score (nSPS) is 19.6. The number of ether oxygens (including phenoxy) is 1. The Hall–Kier alpha value is -4.92. The monoisotopic (exact) mass is 524 g/mol. The number of fused-ring (bicyclic) bond motifs is 10. The van der Waals surface area contributed by atoms with Crippen molar-refractivity contribution in [2.24, 2.45) is 0 Å². The molecule has 0 fully saturated rings. The lowest BCUT2D eigenvalue weighted by Crippen LogP contribution is -2.37. The molecule has 4 bridgehead atoms. The predicted molar refractivity (Wildman–Crippen MR) is 149 cm³/mol. The van der Waals surface area contributed by atoms with Crippen LogP contribution >= 0.6 is 0 Å². The second-order valence-corrected chi connectivity index (χ2v) is 9.67. The molecule has 198 valence electrons. The number of H-pyrrole nitrogens is 1. The molecule has 2 aliphatic heterocycles. The van der Waals surface area contributed by atoms with Crippen molar-refractivity contribution in [1.82, 2.24) is 10.3 Å². The molecule has 2 amide bonds. The first-order chi connectivity index (χ1) is 18.8. The third-order valence-corrected chi connectivity index (χ3v) is 6.90. The average Bonchev–Trinajstić information content (AvgIpc) is 2.93. The van der Waals surface area contributed by atoms with Crippen molar-refractivity contribution in [3.63, 3.8) is 0 Å². The topological polar surface area (TPSA) is 129 Å². The number of aldehydes is 1. The molecule has 0 saturated heterocycles. The zero-order valence-corrected chi connectivity index (χ0v) is 21.5. The van der Waals surface area contributed by atoms with Crippen molar-refractivity contribution in [3.8, 4) is 0 Å². The van der Waals surface area contributed by atoms with Crippen LogP contribution in [0.5, 0.6) is 0 Å². The average molecular weight is 525 g/mol. The van der Waals surface area contributed by atoms with Gasteiger partial charge in [0.15, 0.2) is 0 Å². The minimum Gasteiger partial charge on any atom is -0.449 e. The molecule has 0 radical (unpaired) electrons. The molecule has 0 unspecified atom stereocenters. The van der Waals surface area contributed by atoms with Gasteiger partial charge in [0.25, 0.3) is 5.56 Å². The van der Waals surface area contributed by atoms with E-state index >= 15 is 0 Å². The Balaban J connectivity index is 1.57. The number of aromatic nitrogens is 1. The van der Waals surface area contributed by atoms with Gasteiger partial charge in [0.2, 0.25) is 5.91 Å². The number of hydrogen-bond acceptors (Lipinski definition) is 6. The Morgan fingerprint density at radius 1 is 0.974 bits per heavy atom. The zero-order chi connectivity index (χ0) is 27.5. The van der Waals surface area contributed by atoms with E-state index in [2.05, 4.69) is 20.9 Å². The molecule has 9 heteroatoms. The number of hydrogen-bond donors (Lipinski definition) is 4. The number of carbonyl (C=O) groups is 3. The Bertz CT molecular complexity index is 1630. The molecule has 6 rings (SSSR count). The van der Waals surface area contributed by atoms with Crippen LogP contribution in [0.4, 0.5) is 16.2 Å². The molecule has 0 spiro atoms. The van der Waals surface area contributed by atoms with E-state index in [1.54, 1.807) is 48.7 Å².